The Morgan fingerprint density at radius 3 is 1.78 bits per heavy atom. The lowest BCUT2D eigenvalue weighted by atomic mass is 9.70. The predicted octanol–water partition coefficient (Wildman–Crippen LogP) is 14.6. The Bertz CT molecular complexity index is 3770. The molecule has 1 unspecified atom stereocenters. The van der Waals surface area contributed by atoms with Crippen LogP contribution in [0.25, 0.3) is 77.0 Å². The van der Waals surface area contributed by atoms with Gasteiger partial charge in [0.25, 0.3) is 0 Å². The Labute approximate surface area is 370 Å². The molecule has 1 spiro atoms. The van der Waals surface area contributed by atoms with Crippen molar-refractivity contribution in [3.63, 3.8) is 0 Å². The van der Waals surface area contributed by atoms with Gasteiger partial charge in [0.15, 0.2) is 0 Å². The molecule has 2 heterocycles. The highest BCUT2D eigenvalue weighted by Crippen LogP contribution is 2.63. The molecule has 0 bridgehead atoms. The third kappa shape index (κ3) is 4.89. The normalized spacial score (nSPS) is 15.5. The number of fused-ring (bicyclic) bond motifs is 15. The molecule has 0 amide bonds. The second-order valence-electron chi connectivity index (χ2n) is 17.5. The van der Waals surface area contributed by atoms with Crippen molar-refractivity contribution >= 4 is 54.9 Å². The van der Waals surface area contributed by atoms with Crippen LogP contribution in [0, 0.1) is 0 Å². The topological polar surface area (TPSA) is 29.3 Å². The summed E-state index contributed by atoms with van der Waals surface area (Å²) in [6.45, 7) is 0. The van der Waals surface area contributed by atoms with Gasteiger partial charge in [0.2, 0.25) is 0 Å². The maximum atomic E-state index is 5.43. The first-order valence-corrected chi connectivity index (χ1v) is 22.2. The first-order valence-electron chi connectivity index (χ1n) is 22.2. The number of benzene rings is 10. The van der Waals surface area contributed by atoms with Gasteiger partial charge in [-0.15, -0.1) is 0 Å². The number of aliphatic imine (C=N–C) groups is 1. The van der Waals surface area contributed by atoms with E-state index in [1.165, 1.54) is 93.4 Å². The standard InChI is InChI=1S/C61H39N3/c1-2-15-39(16-3-1)55-37-56(42-31-32-47-46-22-8-12-26-53(46)61(54(47)35-42)51-24-10-6-20-44(51)45-21-7-11-25-52(45)61)63-60(62-55)43-30-29-38-19-14-28-58(49(38)34-43)64-57-27-13-9-23-48(57)50-33-40-17-4-5-18-41(40)36-59(50)64/h1-37,56H,(H,62,63). The van der Waals surface area contributed by atoms with E-state index in [9.17, 15) is 0 Å². The molecule has 64 heavy (non-hydrogen) atoms. The van der Waals surface area contributed by atoms with Gasteiger partial charge in [0.1, 0.15) is 5.84 Å². The van der Waals surface area contributed by atoms with Crippen molar-refractivity contribution < 1.29 is 0 Å². The zero-order valence-corrected chi connectivity index (χ0v) is 34.8. The van der Waals surface area contributed by atoms with Crippen LogP contribution in [0.4, 0.5) is 0 Å². The lowest BCUT2D eigenvalue weighted by Gasteiger charge is -2.31. The average molecular weight is 814 g/mol. The quantitative estimate of drug-likeness (QED) is 0.188. The minimum absolute atomic E-state index is 0.141. The van der Waals surface area contributed by atoms with E-state index in [-0.39, 0.29) is 6.04 Å². The molecule has 1 aromatic heterocycles. The molecule has 1 atom stereocenters. The molecule has 298 valence electrons. The smallest absolute Gasteiger partial charge is 0.134 e. The van der Waals surface area contributed by atoms with Crippen LogP contribution in [0.15, 0.2) is 229 Å². The van der Waals surface area contributed by atoms with Crippen molar-refractivity contribution in [2.75, 3.05) is 0 Å². The van der Waals surface area contributed by atoms with Gasteiger partial charge in [-0.1, -0.05) is 188 Å². The highest BCUT2D eigenvalue weighted by molar-refractivity contribution is 6.15. The van der Waals surface area contributed by atoms with Crippen LogP contribution in [-0.4, -0.2) is 10.4 Å². The van der Waals surface area contributed by atoms with Crippen molar-refractivity contribution in [3.8, 4) is 27.9 Å². The number of hydrogen-bond acceptors (Lipinski definition) is 2. The van der Waals surface area contributed by atoms with Crippen LogP contribution in [0.3, 0.4) is 0 Å². The van der Waals surface area contributed by atoms with E-state index in [0.29, 0.717) is 0 Å². The molecule has 1 aliphatic heterocycles. The van der Waals surface area contributed by atoms with Crippen molar-refractivity contribution in [2.24, 2.45) is 4.99 Å². The summed E-state index contributed by atoms with van der Waals surface area (Å²) in [7, 11) is 0. The van der Waals surface area contributed by atoms with Crippen LogP contribution in [0.1, 0.15) is 45.0 Å². The Morgan fingerprint density at radius 2 is 1.03 bits per heavy atom. The number of aromatic nitrogens is 1. The number of nitrogens with zero attached hydrogens (tertiary/aromatic N) is 2. The number of hydrogen-bond donors (Lipinski definition) is 1. The summed E-state index contributed by atoms with van der Waals surface area (Å²) in [6, 6.07) is 80.4. The number of rotatable bonds is 4. The van der Waals surface area contributed by atoms with Gasteiger partial charge in [0.05, 0.1) is 33.9 Å². The van der Waals surface area contributed by atoms with Gasteiger partial charge in [-0.05, 0) is 108 Å². The minimum Gasteiger partial charge on any atom is -0.359 e. The molecule has 10 aromatic carbocycles. The fourth-order valence-electron chi connectivity index (χ4n) is 11.5. The molecule has 0 saturated carbocycles. The second-order valence-corrected chi connectivity index (χ2v) is 17.5. The summed E-state index contributed by atoms with van der Waals surface area (Å²) < 4.78 is 2.45. The molecule has 0 saturated heterocycles. The summed E-state index contributed by atoms with van der Waals surface area (Å²) in [5, 5.41) is 11.3. The van der Waals surface area contributed by atoms with Crippen LogP contribution in [-0.2, 0) is 5.41 Å². The van der Waals surface area contributed by atoms with Crippen LogP contribution in [0.2, 0.25) is 0 Å². The zero-order valence-electron chi connectivity index (χ0n) is 34.8. The summed E-state index contributed by atoms with van der Waals surface area (Å²) in [5.74, 6) is 0.853. The van der Waals surface area contributed by atoms with E-state index >= 15 is 0 Å². The fourth-order valence-corrected chi connectivity index (χ4v) is 11.5. The molecule has 3 nitrogen and oxygen atoms in total. The predicted molar refractivity (Wildman–Crippen MR) is 265 cm³/mol. The molecule has 3 heteroatoms. The molecular weight excluding hydrogens is 775 g/mol. The molecule has 14 rings (SSSR count). The Balaban J connectivity index is 0.942. The third-order valence-electron chi connectivity index (χ3n) is 14.2. The Hall–Kier alpha value is -8.27. The summed E-state index contributed by atoms with van der Waals surface area (Å²) in [6.07, 6.45) is 2.31. The Kier molecular flexibility index (Phi) is 7.38. The maximum Gasteiger partial charge on any atom is 0.134 e. The van der Waals surface area contributed by atoms with Crippen molar-refractivity contribution in [1.29, 1.82) is 0 Å². The minimum atomic E-state index is -0.416. The van der Waals surface area contributed by atoms with Crippen molar-refractivity contribution in [3.05, 3.63) is 263 Å². The molecule has 0 radical (unpaired) electrons. The van der Waals surface area contributed by atoms with E-state index in [0.717, 1.165) is 28.3 Å². The summed E-state index contributed by atoms with van der Waals surface area (Å²) in [5.41, 5.74) is 18.0. The van der Waals surface area contributed by atoms with Crippen LogP contribution < -0.4 is 5.32 Å². The van der Waals surface area contributed by atoms with Gasteiger partial charge >= 0.3 is 0 Å². The maximum absolute atomic E-state index is 5.43. The first-order chi connectivity index (χ1) is 31.7. The molecule has 3 aliphatic rings. The lowest BCUT2D eigenvalue weighted by Crippen LogP contribution is -2.31. The van der Waals surface area contributed by atoms with E-state index in [1.807, 2.05) is 0 Å². The van der Waals surface area contributed by atoms with E-state index in [2.05, 4.69) is 234 Å². The largest absolute Gasteiger partial charge is 0.359 e. The highest BCUT2D eigenvalue weighted by atomic mass is 15.0. The Morgan fingerprint density at radius 1 is 0.406 bits per heavy atom. The van der Waals surface area contributed by atoms with E-state index < -0.39 is 5.41 Å². The van der Waals surface area contributed by atoms with E-state index in [1.54, 1.807) is 0 Å². The van der Waals surface area contributed by atoms with Gasteiger partial charge in [-0.2, -0.15) is 0 Å². The van der Waals surface area contributed by atoms with Crippen LogP contribution >= 0.6 is 0 Å². The van der Waals surface area contributed by atoms with Gasteiger partial charge < -0.3 is 9.88 Å². The third-order valence-corrected chi connectivity index (χ3v) is 14.2. The zero-order chi connectivity index (χ0) is 41.9. The van der Waals surface area contributed by atoms with Crippen LogP contribution in [0.5, 0.6) is 0 Å². The van der Waals surface area contributed by atoms with Gasteiger partial charge in [-0.3, -0.25) is 0 Å². The molecule has 11 aromatic rings. The second kappa shape index (κ2) is 13.4. The van der Waals surface area contributed by atoms with Crippen molar-refractivity contribution in [1.82, 2.24) is 9.88 Å². The molecular formula is C61H39N3. The van der Waals surface area contributed by atoms with Gasteiger partial charge in [0, 0.05) is 21.7 Å². The number of para-hydroxylation sites is 1. The number of amidine groups is 1. The SMILES string of the molecule is C1=C(c2ccccc2)N=C(c2ccc3cccc(-n4c5ccccc5c5cc6ccccc6cc54)c3c2)NC1c1ccc2c(c1)C1(c3ccccc3-c3ccccc31)c1ccccc1-2. The molecule has 2 aliphatic carbocycles. The van der Waals surface area contributed by atoms with Crippen molar-refractivity contribution in [2.45, 2.75) is 11.5 Å². The lowest BCUT2D eigenvalue weighted by molar-refractivity contribution is 0.762. The fraction of sp³-hybridized carbons (Fsp3) is 0.0328. The molecule has 0 fully saturated rings. The highest BCUT2D eigenvalue weighted by Gasteiger charge is 2.51. The average Bonchev–Trinajstić information content (AvgIpc) is 3.96. The first kappa shape index (κ1) is 35.3. The number of nitrogens with one attached hydrogen (secondary N) is 1. The summed E-state index contributed by atoms with van der Waals surface area (Å²) in [4.78, 5) is 5.43. The van der Waals surface area contributed by atoms with Gasteiger partial charge in [-0.25, -0.2) is 4.99 Å². The van der Waals surface area contributed by atoms with E-state index in [4.69, 9.17) is 4.99 Å². The molecule has 1 N–H and O–H groups in total. The summed E-state index contributed by atoms with van der Waals surface area (Å²) >= 11 is 0. The monoisotopic (exact) mass is 813 g/mol.